The smallest absolute Gasteiger partial charge is 0.146 e. The number of ketones is 1. The predicted molar refractivity (Wildman–Crippen MR) is 52.3 cm³/mol. The van der Waals surface area contributed by atoms with Crippen LogP contribution < -0.4 is 5.32 Å². The van der Waals surface area contributed by atoms with E-state index in [2.05, 4.69) is 12.2 Å². The molecule has 72 valence electrons. The largest absolute Gasteiger partial charge is 0.313 e. The van der Waals surface area contributed by atoms with E-state index in [0.717, 1.165) is 12.8 Å². The minimum atomic E-state index is 0.342. The SMILES string of the molecule is CCCCCCCC(=O)CNC. The molecule has 0 fully saturated rings. The molecule has 0 rings (SSSR count). The van der Waals surface area contributed by atoms with Gasteiger partial charge in [-0.1, -0.05) is 32.6 Å². The highest BCUT2D eigenvalue weighted by molar-refractivity contribution is 5.80. The molecule has 1 N–H and O–H groups in total. The van der Waals surface area contributed by atoms with Crippen LogP contribution in [0.1, 0.15) is 45.4 Å². The Morgan fingerprint density at radius 3 is 2.42 bits per heavy atom. The van der Waals surface area contributed by atoms with E-state index < -0.39 is 0 Å². The van der Waals surface area contributed by atoms with Crippen molar-refractivity contribution in [2.45, 2.75) is 45.4 Å². The summed E-state index contributed by atoms with van der Waals surface area (Å²) >= 11 is 0. The second kappa shape index (κ2) is 8.72. The molecule has 0 aliphatic heterocycles. The minimum absolute atomic E-state index is 0.342. The molecular formula is C10H21NO. The molecule has 2 nitrogen and oxygen atoms in total. The van der Waals surface area contributed by atoms with Crippen LogP contribution in [0.5, 0.6) is 0 Å². The molecule has 12 heavy (non-hydrogen) atoms. The molecule has 0 aromatic heterocycles. The van der Waals surface area contributed by atoms with Gasteiger partial charge in [0.2, 0.25) is 0 Å². The Balaban J connectivity index is 3.03. The summed E-state index contributed by atoms with van der Waals surface area (Å²) in [6.45, 7) is 2.74. The normalized spacial score (nSPS) is 10.2. The van der Waals surface area contributed by atoms with Gasteiger partial charge in [-0.05, 0) is 13.5 Å². The fourth-order valence-corrected chi connectivity index (χ4v) is 1.21. The van der Waals surface area contributed by atoms with Gasteiger partial charge < -0.3 is 5.32 Å². The van der Waals surface area contributed by atoms with Gasteiger partial charge in [0, 0.05) is 6.42 Å². The summed E-state index contributed by atoms with van der Waals surface area (Å²) in [5, 5.41) is 2.87. The quantitative estimate of drug-likeness (QED) is 0.567. The number of likely N-dealkylation sites (N-methyl/N-ethyl adjacent to an activating group) is 1. The first-order valence-corrected chi connectivity index (χ1v) is 4.97. The summed E-state index contributed by atoms with van der Waals surface area (Å²) < 4.78 is 0. The van der Waals surface area contributed by atoms with E-state index in [1.807, 2.05) is 7.05 Å². The molecule has 0 atom stereocenters. The Morgan fingerprint density at radius 2 is 1.83 bits per heavy atom. The lowest BCUT2D eigenvalue weighted by Gasteiger charge is -1.99. The van der Waals surface area contributed by atoms with Crippen molar-refractivity contribution in [3.63, 3.8) is 0 Å². The number of rotatable bonds is 8. The van der Waals surface area contributed by atoms with E-state index in [0.29, 0.717) is 12.3 Å². The predicted octanol–water partition coefficient (Wildman–Crippen LogP) is 2.14. The Bertz CT molecular complexity index is 112. The third kappa shape index (κ3) is 7.73. The van der Waals surface area contributed by atoms with Crippen LogP contribution in [-0.2, 0) is 4.79 Å². The number of hydrogen-bond acceptors (Lipinski definition) is 2. The Hall–Kier alpha value is -0.370. The van der Waals surface area contributed by atoms with Gasteiger partial charge in [0.1, 0.15) is 5.78 Å². The lowest BCUT2D eigenvalue weighted by atomic mass is 10.1. The van der Waals surface area contributed by atoms with Gasteiger partial charge in [-0.2, -0.15) is 0 Å². The Kier molecular flexibility index (Phi) is 8.46. The van der Waals surface area contributed by atoms with Gasteiger partial charge in [0.25, 0.3) is 0 Å². The highest BCUT2D eigenvalue weighted by atomic mass is 16.1. The standard InChI is InChI=1S/C10H21NO/c1-3-4-5-6-7-8-10(12)9-11-2/h11H,3-9H2,1-2H3. The minimum Gasteiger partial charge on any atom is -0.313 e. The number of hydrogen-bond donors (Lipinski definition) is 1. The molecular weight excluding hydrogens is 150 g/mol. The first kappa shape index (κ1) is 11.6. The monoisotopic (exact) mass is 171 g/mol. The van der Waals surface area contributed by atoms with Gasteiger partial charge >= 0.3 is 0 Å². The molecule has 0 aromatic rings. The molecule has 0 amide bonds. The molecule has 2 heteroatoms. The molecule has 0 bridgehead atoms. The Morgan fingerprint density at radius 1 is 1.17 bits per heavy atom. The number of carbonyl (C=O) groups excluding carboxylic acids is 1. The van der Waals surface area contributed by atoms with Crippen LogP contribution in [0.2, 0.25) is 0 Å². The van der Waals surface area contributed by atoms with Crippen molar-refractivity contribution >= 4 is 5.78 Å². The zero-order valence-electron chi connectivity index (χ0n) is 8.36. The van der Waals surface area contributed by atoms with E-state index in [1.54, 1.807) is 0 Å². The van der Waals surface area contributed by atoms with Gasteiger partial charge in [0.15, 0.2) is 0 Å². The maximum Gasteiger partial charge on any atom is 0.146 e. The van der Waals surface area contributed by atoms with Crippen LogP contribution >= 0.6 is 0 Å². The summed E-state index contributed by atoms with van der Waals surface area (Å²) in [7, 11) is 1.81. The zero-order valence-corrected chi connectivity index (χ0v) is 8.36. The second-order valence-electron chi connectivity index (χ2n) is 3.23. The van der Waals surface area contributed by atoms with Crippen molar-refractivity contribution < 1.29 is 4.79 Å². The van der Waals surface area contributed by atoms with Crippen molar-refractivity contribution in [1.29, 1.82) is 0 Å². The fourth-order valence-electron chi connectivity index (χ4n) is 1.21. The third-order valence-corrected chi connectivity index (χ3v) is 1.93. The molecule has 0 unspecified atom stereocenters. The summed E-state index contributed by atoms with van der Waals surface area (Å²) in [6, 6.07) is 0. The fraction of sp³-hybridized carbons (Fsp3) is 0.900. The summed E-state index contributed by atoms with van der Waals surface area (Å²) in [4.78, 5) is 11.0. The van der Waals surface area contributed by atoms with Crippen LogP contribution in [0.4, 0.5) is 0 Å². The van der Waals surface area contributed by atoms with Crippen molar-refractivity contribution in [3.05, 3.63) is 0 Å². The molecule has 0 aromatic carbocycles. The van der Waals surface area contributed by atoms with E-state index in [-0.39, 0.29) is 0 Å². The van der Waals surface area contributed by atoms with E-state index in [9.17, 15) is 4.79 Å². The van der Waals surface area contributed by atoms with Gasteiger partial charge in [-0.25, -0.2) is 0 Å². The van der Waals surface area contributed by atoms with Crippen molar-refractivity contribution in [1.82, 2.24) is 5.32 Å². The molecule has 0 aliphatic rings. The summed E-state index contributed by atoms with van der Waals surface area (Å²) in [5.41, 5.74) is 0. The van der Waals surface area contributed by atoms with E-state index in [4.69, 9.17) is 0 Å². The van der Waals surface area contributed by atoms with Crippen molar-refractivity contribution in [3.8, 4) is 0 Å². The van der Waals surface area contributed by atoms with Crippen molar-refractivity contribution in [2.24, 2.45) is 0 Å². The average molecular weight is 171 g/mol. The van der Waals surface area contributed by atoms with Gasteiger partial charge in [-0.3, -0.25) is 4.79 Å². The van der Waals surface area contributed by atoms with Gasteiger partial charge in [-0.15, -0.1) is 0 Å². The highest BCUT2D eigenvalue weighted by Gasteiger charge is 1.98. The lowest BCUT2D eigenvalue weighted by molar-refractivity contribution is -0.118. The molecule has 0 saturated carbocycles. The summed E-state index contributed by atoms with van der Waals surface area (Å²) in [6.07, 6.45) is 6.89. The first-order chi connectivity index (χ1) is 5.81. The second-order valence-corrected chi connectivity index (χ2v) is 3.23. The average Bonchev–Trinajstić information content (AvgIpc) is 2.05. The van der Waals surface area contributed by atoms with Crippen LogP contribution in [-0.4, -0.2) is 19.4 Å². The molecule has 0 radical (unpaired) electrons. The first-order valence-electron chi connectivity index (χ1n) is 4.97. The zero-order chi connectivity index (χ0) is 9.23. The highest BCUT2D eigenvalue weighted by Crippen LogP contribution is 2.04. The van der Waals surface area contributed by atoms with Crippen LogP contribution in [0.15, 0.2) is 0 Å². The van der Waals surface area contributed by atoms with Crippen LogP contribution in [0, 0.1) is 0 Å². The van der Waals surface area contributed by atoms with E-state index in [1.165, 1.54) is 25.7 Å². The molecule has 0 aliphatic carbocycles. The topological polar surface area (TPSA) is 29.1 Å². The van der Waals surface area contributed by atoms with Gasteiger partial charge in [0.05, 0.1) is 6.54 Å². The number of nitrogens with one attached hydrogen (secondary N) is 1. The molecule has 0 heterocycles. The molecule has 0 spiro atoms. The lowest BCUT2D eigenvalue weighted by Crippen LogP contribution is -2.17. The van der Waals surface area contributed by atoms with Crippen molar-refractivity contribution in [2.75, 3.05) is 13.6 Å². The Labute approximate surface area is 75.7 Å². The summed E-state index contributed by atoms with van der Waals surface area (Å²) in [5.74, 6) is 0.342. The maximum absolute atomic E-state index is 11.0. The number of unbranched alkanes of at least 4 members (excludes halogenated alkanes) is 4. The van der Waals surface area contributed by atoms with Crippen LogP contribution in [0.3, 0.4) is 0 Å². The number of Topliss-reactive ketones (excluding diaryl/α,β-unsaturated/α-hetero) is 1. The van der Waals surface area contributed by atoms with E-state index >= 15 is 0 Å². The third-order valence-electron chi connectivity index (χ3n) is 1.93. The number of carbonyl (C=O) groups is 1. The maximum atomic E-state index is 11.0. The molecule has 0 saturated heterocycles. The van der Waals surface area contributed by atoms with Crippen LogP contribution in [0.25, 0.3) is 0 Å².